The summed E-state index contributed by atoms with van der Waals surface area (Å²) in [4.78, 5) is 14.5. The van der Waals surface area contributed by atoms with Crippen molar-refractivity contribution in [2.45, 2.75) is 13.8 Å². The van der Waals surface area contributed by atoms with Gasteiger partial charge in [0.1, 0.15) is 5.69 Å². The van der Waals surface area contributed by atoms with Crippen LogP contribution in [0.4, 0.5) is 0 Å². The van der Waals surface area contributed by atoms with Crippen LogP contribution in [0.3, 0.4) is 0 Å². The summed E-state index contributed by atoms with van der Waals surface area (Å²) in [6, 6.07) is 0. The molecule has 0 aliphatic rings. The Kier molecular flexibility index (Phi) is 1.46. The number of rotatable bonds is 1. The predicted octanol–water partition coefficient (Wildman–Crippen LogP) is 1.42. The van der Waals surface area contributed by atoms with Crippen molar-refractivity contribution in [2.24, 2.45) is 0 Å². The first-order valence-corrected chi connectivity index (χ1v) is 3.79. The van der Waals surface area contributed by atoms with Gasteiger partial charge in [-0.2, -0.15) is 0 Å². The van der Waals surface area contributed by atoms with Crippen LogP contribution in [0.2, 0.25) is 0 Å². The molecular formula is C8H10N4. The summed E-state index contributed by atoms with van der Waals surface area (Å²) >= 11 is 0. The Hall–Kier alpha value is -1.58. The number of aryl methyl sites for hydroxylation is 2. The summed E-state index contributed by atoms with van der Waals surface area (Å²) in [5, 5.41) is 0. The van der Waals surface area contributed by atoms with Gasteiger partial charge in [0.05, 0.1) is 6.33 Å². The van der Waals surface area contributed by atoms with Gasteiger partial charge in [-0.1, -0.05) is 0 Å². The predicted molar refractivity (Wildman–Crippen MR) is 45.6 cm³/mol. The number of hydrogen-bond acceptors (Lipinski definition) is 2. The minimum absolute atomic E-state index is 0.825. The average Bonchev–Trinajstić information content (AvgIpc) is 2.58. The van der Waals surface area contributed by atoms with Crippen molar-refractivity contribution in [1.29, 1.82) is 0 Å². The van der Waals surface area contributed by atoms with Gasteiger partial charge in [0.25, 0.3) is 0 Å². The molecule has 0 atom stereocenters. The molecule has 4 heteroatoms. The lowest BCUT2D eigenvalue weighted by molar-refractivity contribution is 1.21. The number of aromatic nitrogens is 4. The topological polar surface area (TPSA) is 57.4 Å². The van der Waals surface area contributed by atoms with E-state index in [1.807, 2.05) is 13.8 Å². The van der Waals surface area contributed by atoms with Crippen LogP contribution >= 0.6 is 0 Å². The summed E-state index contributed by atoms with van der Waals surface area (Å²) in [6.45, 7) is 3.94. The third-order valence-corrected chi connectivity index (χ3v) is 1.76. The highest BCUT2D eigenvalue weighted by Gasteiger charge is 2.06. The molecule has 12 heavy (non-hydrogen) atoms. The average molecular weight is 162 g/mol. The van der Waals surface area contributed by atoms with E-state index >= 15 is 0 Å². The minimum Gasteiger partial charge on any atom is -0.348 e. The maximum absolute atomic E-state index is 4.18. The Morgan fingerprint density at radius 2 is 2.08 bits per heavy atom. The van der Waals surface area contributed by atoms with E-state index < -0.39 is 0 Å². The highest BCUT2D eigenvalue weighted by Crippen LogP contribution is 2.14. The zero-order chi connectivity index (χ0) is 8.55. The van der Waals surface area contributed by atoms with Crippen LogP contribution < -0.4 is 0 Å². The van der Waals surface area contributed by atoms with E-state index in [0.717, 1.165) is 22.9 Å². The molecule has 0 spiro atoms. The van der Waals surface area contributed by atoms with Crippen LogP contribution in [0, 0.1) is 13.8 Å². The quantitative estimate of drug-likeness (QED) is 0.666. The largest absolute Gasteiger partial charge is 0.348 e. The van der Waals surface area contributed by atoms with Crippen molar-refractivity contribution in [3.63, 3.8) is 0 Å². The zero-order valence-corrected chi connectivity index (χ0v) is 7.05. The van der Waals surface area contributed by atoms with Crippen LogP contribution in [0.5, 0.6) is 0 Å². The standard InChI is InChI=1S/C8H10N4/c1-5-3-9-8(12-5)7-6(2)10-4-11-7/h3-4H,1-2H3,(H,9,12)(H,10,11). The molecule has 2 N–H and O–H groups in total. The molecule has 0 fully saturated rings. The Morgan fingerprint density at radius 1 is 1.25 bits per heavy atom. The molecule has 0 bridgehead atoms. The van der Waals surface area contributed by atoms with E-state index in [1.165, 1.54) is 0 Å². The molecule has 0 aromatic carbocycles. The first-order valence-electron chi connectivity index (χ1n) is 3.79. The molecule has 0 amide bonds. The SMILES string of the molecule is Cc1cnc(-c2nc[nH]c2C)[nH]1. The second kappa shape index (κ2) is 2.48. The summed E-state index contributed by atoms with van der Waals surface area (Å²) in [7, 11) is 0. The summed E-state index contributed by atoms with van der Waals surface area (Å²) < 4.78 is 0. The normalized spacial score (nSPS) is 10.5. The maximum atomic E-state index is 4.18. The molecule has 0 saturated heterocycles. The van der Waals surface area contributed by atoms with E-state index in [-0.39, 0.29) is 0 Å². The molecule has 62 valence electrons. The molecule has 0 aliphatic heterocycles. The van der Waals surface area contributed by atoms with Crippen molar-refractivity contribution in [2.75, 3.05) is 0 Å². The van der Waals surface area contributed by atoms with Gasteiger partial charge in [0.2, 0.25) is 0 Å². The third kappa shape index (κ3) is 1.01. The smallest absolute Gasteiger partial charge is 0.158 e. The molecule has 0 unspecified atom stereocenters. The van der Waals surface area contributed by atoms with Crippen LogP contribution in [-0.2, 0) is 0 Å². The molecule has 2 rings (SSSR count). The molecule has 2 heterocycles. The van der Waals surface area contributed by atoms with E-state index in [9.17, 15) is 0 Å². The summed E-state index contributed by atoms with van der Waals surface area (Å²) in [6.07, 6.45) is 3.46. The molecule has 2 aromatic rings. The lowest BCUT2D eigenvalue weighted by atomic mass is 10.3. The second-order valence-electron chi connectivity index (χ2n) is 2.79. The maximum Gasteiger partial charge on any atom is 0.158 e. The van der Waals surface area contributed by atoms with Crippen molar-refractivity contribution in [3.8, 4) is 11.5 Å². The van der Waals surface area contributed by atoms with Gasteiger partial charge >= 0.3 is 0 Å². The second-order valence-corrected chi connectivity index (χ2v) is 2.79. The first-order chi connectivity index (χ1) is 5.77. The highest BCUT2D eigenvalue weighted by atomic mass is 15.0. The van der Waals surface area contributed by atoms with Crippen molar-refractivity contribution in [1.82, 2.24) is 19.9 Å². The zero-order valence-electron chi connectivity index (χ0n) is 7.05. The number of aromatic amines is 2. The molecule has 4 nitrogen and oxygen atoms in total. The van der Waals surface area contributed by atoms with E-state index in [2.05, 4.69) is 19.9 Å². The number of nitrogens with zero attached hydrogens (tertiary/aromatic N) is 2. The minimum atomic E-state index is 0.825. The van der Waals surface area contributed by atoms with Gasteiger partial charge in [-0.25, -0.2) is 9.97 Å². The fourth-order valence-electron chi connectivity index (χ4n) is 1.13. The lowest BCUT2D eigenvalue weighted by Crippen LogP contribution is -1.83. The van der Waals surface area contributed by atoms with Gasteiger partial charge in [-0.15, -0.1) is 0 Å². The Balaban J connectivity index is 2.50. The molecule has 2 aromatic heterocycles. The van der Waals surface area contributed by atoms with E-state index in [1.54, 1.807) is 12.5 Å². The van der Waals surface area contributed by atoms with Crippen molar-refractivity contribution >= 4 is 0 Å². The van der Waals surface area contributed by atoms with Crippen LogP contribution in [0.15, 0.2) is 12.5 Å². The van der Waals surface area contributed by atoms with E-state index in [0.29, 0.717) is 0 Å². The van der Waals surface area contributed by atoms with Crippen LogP contribution in [-0.4, -0.2) is 19.9 Å². The Bertz CT molecular complexity index is 385. The van der Waals surface area contributed by atoms with Crippen LogP contribution in [0.25, 0.3) is 11.5 Å². The highest BCUT2D eigenvalue weighted by molar-refractivity contribution is 5.52. The molecule has 0 saturated carbocycles. The van der Waals surface area contributed by atoms with Gasteiger partial charge in [0.15, 0.2) is 5.82 Å². The summed E-state index contributed by atoms with van der Waals surface area (Å²) in [5.74, 6) is 0.825. The van der Waals surface area contributed by atoms with Gasteiger partial charge in [-0.05, 0) is 13.8 Å². The van der Waals surface area contributed by atoms with Crippen molar-refractivity contribution in [3.05, 3.63) is 23.9 Å². The third-order valence-electron chi connectivity index (χ3n) is 1.76. The van der Waals surface area contributed by atoms with Gasteiger partial charge < -0.3 is 9.97 Å². The van der Waals surface area contributed by atoms with E-state index in [4.69, 9.17) is 0 Å². The fourth-order valence-corrected chi connectivity index (χ4v) is 1.13. The summed E-state index contributed by atoms with van der Waals surface area (Å²) in [5.41, 5.74) is 2.97. The van der Waals surface area contributed by atoms with Crippen LogP contribution in [0.1, 0.15) is 11.4 Å². The number of imidazole rings is 2. The Labute approximate surface area is 70.1 Å². The number of H-pyrrole nitrogens is 2. The molecular weight excluding hydrogens is 152 g/mol. The Morgan fingerprint density at radius 3 is 2.58 bits per heavy atom. The monoisotopic (exact) mass is 162 g/mol. The first kappa shape index (κ1) is 7.09. The molecule has 0 aliphatic carbocycles. The molecule has 0 radical (unpaired) electrons. The number of nitrogens with one attached hydrogen (secondary N) is 2. The number of hydrogen-bond donors (Lipinski definition) is 2. The van der Waals surface area contributed by atoms with Gasteiger partial charge in [0, 0.05) is 17.6 Å². The fraction of sp³-hybridized carbons (Fsp3) is 0.250. The van der Waals surface area contributed by atoms with Gasteiger partial charge in [-0.3, -0.25) is 0 Å². The van der Waals surface area contributed by atoms with Crippen molar-refractivity contribution < 1.29 is 0 Å². The lowest BCUT2D eigenvalue weighted by Gasteiger charge is -1.90.